The maximum Gasteiger partial charge on any atom is 0.329 e. The summed E-state index contributed by atoms with van der Waals surface area (Å²) in [5.74, 6) is 1.18. The van der Waals surface area contributed by atoms with Crippen LogP contribution in [-0.4, -0.2) is 56.8 Å². The van der Waals surface area contributed by atoms with E-state index in [0.717, 1.165) is 56.9 Å². The lowest BCUT2D eigenvalue weighted by Crippen LogP contribution is -2.51. The van der Waals surface area contributed by atoms with Crippen LogP contribution in [0.3, 0.4) is 0 Å². The van der Waals surface area contributed by atoms with Gasteiger partial charge in [-0.05, 0) is 68.6 Å². The fourth-order valence-corrected chi connectivity index (χ4v) is 5.68. The van der Waals surface area contributed by atoms with Gasteiger partial charge in [0.15, 0.2) is 11.5 Å². The zero-order valence-electron chi connectivity index (χ0n) is 22.1. The van der Waals surface area contributed by atoms with Crippen LogP contribution in [0.1, 0.15) is 89.5 Å². The highest BCUT2D eigenvalue weighted by Crippen LogP contribution is 2.45. The Morgan fingerprint density at radius 3 is 2.03 bits per heavy atom. The Balaban J connectivity index is 1.99. The number of ether oxygens (including phenoxy) is 4. The third kappa shape index (κ3) is 6.22. The van der Waals surface area contributed by atoms with Crippen molar-refractivity contribution in [2.75, 3.05) is 27.9 Å². The van der Waals surface area contributed by atoms with Crippen molar-refractivity contribution in [3.05, 3.63) is 17.7 Å². The first kappa shape index (κ1) is 27.2. The fraction of sp³-hybridized carbons (Fsp3) is 0.714. The summed E-state index contributed by atoms with van der Waals surface area (Å²) in [7, 11) is 4.76. The Labute approximate surface area is 210 Å². The van der Waals surface area contributed by atoms with Gasteiger partial charge in [0.05, 0.1) is 27.2 Å². The second kappa shape index (κ2) is 13.0. The third-order valence-corrected chi connectivity index (χ3v) is 7.68. The monoisotopic (exact) mass is 489 g/mol. The third-order valence-electron chi connectivity index (χ3n) is 7.68. The van der Waals surface area contributed by atoms with Crippen molar-refractivity contribution in [3.8, 4) is 17.2 Å². The molecule has 0 aromatic heterocycles. The predicted octanol–water partition coefficient (Wildman–Crippen LogP) is 5.49. The molecular formula is C28H43NO6. The standard InChI is InChI=1S/C28H43NO6/c1-6-21(7-2)35-28(31)22-15-11-12-16-29(22)27(30)25(19-13-9-8-10-14-19)20-17-23(32-3)26(34-5)24(18-20)33-4/h17-19,21-22,25H,6-16H2,1-5H3/t22-,25?/m0/s1. The number of rotatable bonds is 10. The van der Waals surface area contributed by atoms with Crippen molar-refractivity contribution >= 4 is 11.9 Å². The fourth-order valence-electron chi connectivity index (χ4n) is 5.68. The smallest absolute Gasteiger partial charge is 0.329 e. The zero-order chi connectivity index (χ0) is 25.4. The number of carbonyl (C=O) groups is 2. The number of methoxy groups -OCH3 is 3. The molecule has 1 amide bonds. The minimum atomic E-state index is -0.523. The molecule has 0 spiro atoms. The SMILES string of the molecule is CCC(CC)OC(=O)[C@@H]1CCCCN1C(=O)C(c1cc(OC)c(OC)c(OC)c1)C1CCCCC1. The summed E-state index contributed by atoms with van der Waals surface area (Å²) in [4.78, 5) is 29.3. The summed E-state index contributed by atoms with van der Waals surface area (Å²) in [6.45, 7) is 4.62. The molecule has 2 aliphatic rings. The van der Waals surface area contributed by atoms with E-state index < -0.39 is 6.04 Å². The Morgan fingerprint density at radius 2 is 1.49 bits per heavy atom. The van der Waals surface area contributed by atoms with Crippen molar-refractivity contribution in [1.82, 2.24) is 4.90 Å². The van der Waals surface area contributed by atoms with E-state index in [-0.39, 0.29) is 29.8 Å². The van der Waals surface area contributed by atoms with Crippen LogP contribution in [0.4, 0.5) is 0 Å². The summed E-state index contributed by atoms with van der Waals surface area (Å²) in [6.07, 6.45) is 9.31. The lowest BCUT2D eigenvalue weighted by atomic mass is 9.75. The molecule has 1 aliphatic heterocycles. The second-order valence-corrected chi connectivity index (χ2v) is 9.75. The first-order chi connectivity index (χ1) is 17.0. The quantitative estimate of drug-likeness (QED) is 0.405. The van der Waals surface area contributed by atoms with E-state index in [1.165, 1.54) is 6.42 Å². The van der Waals surface area contributed by atoms with Gasteiger partial charge in [0.2, 0.25) is 11.7 Å². The minimum Gasteiger partial charge on any atom is -0.493 e. The molecule has 3 rings (SSSR count). The maximum absolute atomic E-state index is 14.3. The molecule has 1 heterocycles. The van der Waals surface area contributed by atoms with Crippen LogP contribution in [0.15, 0.2) is 12.1 Å². The topological polar surface area (TPSA) is 74.3 Å². The molecule has 2 atom stereocenters. The molecule has 1 saturated heterocycles. The van der Waals surface area contributed by atoms with Crippen LogP contribution in [0.5, 0.6) is 17.2 Å². The average Bonchev–Trinajstić information content (AvgIpc) is 2.91. The number of amides is 1. The normalized spacial score (nSPS) is 19.8. The molecule has 1 aliphatic carbocycles. The molecule has 196 valence electrons. The Kier molecular flexibility index (Phi) is 10.1. The van der Waals surface area contributed by atoms with E-state index in [4.69, 9.17) is 18.9 Å². The summed E-state index contributed by atoms with van der Waals surface area (Å²) in [5, 5.41) is 0. The zero-order valence-corrected chi connectivity index (χ0v) is 22.1. The molecule has 1 unspecified atom stereocenters. The summed E-state index contributed by atoms with van der Waals surface area (Å²) in [6, 6.07) is 3.28. The molecule has 1 aromatic carbocycles. The highest BCUT2D eigenvalue weighted by atomic mass is 16.5. The van der Waals surface area contributed by atoms with Gasteiger partial charge < -0.3 is 23.8 Å². The summed E-state index contributed by atoms with van der Waals surface area (Å²) < 4.78 is 22.5. The maximum atomic E-state index is 14.3. The lowest BCUT2D eigenvalue weighted by molar-refractivity contribution is -0.162. The van der Waals surface area contributed by atoms with Crippen molar-refractivity contribution in [1.29, 1.82) is 0 Å². The van der Waals surface area contributed by atoms with E-state index in [1.807, 2.05) is 26.0 Å². The Bertz CT molecular complexity index is 821. The highest BCUT2D eigenvalue weighted by molar-refractivity contribution is 5.89. The van der Waals surface area contributed by atoms with E-state index in [2.05, 4.69) is 0 Å². The number of esters is 1. The van der Waals surface area contributed by atoms with Crippen LogP contribution in [0, 0.1) is 5.92 Å². The summed E-state index contributed by atoms with van der Waals surface area (Å²) >= 11 is 0. The average molecular weight is 490 g/mol. The van der Waals surface area contributed by atoms with Gasteiger partial charge in [-0.15, -0.1) is 0 Å². The van der Waals surface area contributed by atoms with Gasteiger partial charge in [-0.1, -0.05) is 33.1 Å². The highest BCUT2D eigenvalue weighted by Gasteiger charge is 2.41. The van der Waals surface area contributed by atoms with E-state index >= 15 is 0 Å². The molecular weight excluding hydrogens is 446 g/mol. The van der Waals surface area contributed by atoms with Gasteiger partial charge >= 0.3 is 5.97 Å². The summed E-state index contributed by atoms with van der Waals surface area (Å²) in [5.41, 5.74) is 0.856. The number of nitrogens with zero attached hydrogens (tertiary/aromatic N) is 1. The molecule has 1 saturated carbocycles. The number of hydrogen-bond donors (Lipinski definition) is 0. The van der Waals surface area contributed by atoms with Gasteiger partial charge in [-0.2, -0.15) is 0 Å². The van der Waals surface area contributed by atoms with Crippen molar-refractivity contribution in [2.24, 2.45) is 5.92 Å². The van der Waals surface area contributed by atoms with E-state index in [9.17, 15) is 9.59 Å². The molecule has 2 fully saturated rings. The molecule has 7 heteroatoms. The van der Waals surface area contributed by atoms with Crippen molar-refractivity contribution < 1.29 is 28.5 Å². The molecule has 0 N–H and O–H groups in total. The van der Waals surface area contributed by atoms with E-state index in [0.29, 0.717) is 30.2 Å². The second-order valence-electron chi connectivity index (χ2n) is 9.75. The molecule has 7 nitrogen and oxygen atoms in total. The predicted molar refractivity (Wildman–Crippen MR) is 135 cm³/mol. The van der Waals surface area contributed by atoms with Crippen LogP contribution in [0.25, 0.3) is 0 Å². The first-order valence-electron chi connectivity index (χ1n) is 13.3. The Morgan fingerprint density at radius 1 is 0.886 bits per heavy atom. The number of carbonyl (C=O) groups excluding carboxylic acids is 2. The van der Waals surface area contributed by atoms with Gasteiger partial charge in [-0.25, -0.2) is 4.79 Å². The van der Waals surface area contributed by atoms with Crippen LogP contribution < -0.4 is 14.2 Å². The van der Waals surface area contributed by atoms with Gasteiger partial charge in [0.25, 0.3) is 0 Å². The van der Waals surface area contributed by atoms with Crippen LogP contribution >= 0.6 is 0 Å². The van der Waals surface area contributed by atoms with Crippen LogP contribution in [-0.2, 0) is 14.3 Å². The van der Waals surface area contributed by atoms with E-state index in [1.54, 1.807) is 26.2 Å². The molecule has 0 radical (unpaired) electrons. The largest absolute Gasteiger partial charge is 0.493 e. The number of hydrogen-bond acceptors (Lipinski definition) is 6. The Hall–Kier alpha value is -2.44. The molecule has 0 bridgehead atoms. The molecule has 1 aromatic rings. The number of piperidine rings is 1. The minimum absolute atomic E-state index is 0.0115. The molecule has 35 heavy (non-hydrogen) atoms. The first-order valence-corrected chi connectivity index (χ1v) is 13.3. The van der Waals surface area contributed by atoms with Gasteiger partial charge in [-0.3, -0.25) is 4.79 Å². The van der Waals surface area contributed by atoms with Gasteiger partial charge in [0, 0.05) is 6.54 Å². The van der Waals surface area contributed by atoms with Crippen LogP contribution in [0.2, 0.25) is 0 Å². The number of likely N-dealkylation sites (tertiary alicyclic amines) is 1. The van der Waals surface area contributed by atoms with Crippen molar-refractivity contribution in [3.63, 3.8) is 0 Å². The van der Waals surface area contributed by atoms with Gasteiger partial charge in [0.1, 0.15) is 12.1 Å². The number of benzene rings is 1. The lowest BCUT2D eigenvalue weighted by Gasteiger charge is -2.39. The van der Waals surface area contributed by atoms with Crippen molar-refractivity contribution in [2.45, 2.75) is 96.1 Å².